The second kappa shape index (κ2) is 4.57. The monoisotopic (exact) mass is 180 g/mol. The van der Waals surface area contributed by atoms with Gasteiger partial charge in [0.2, 0.25) is 5.91 Å². The van der Waals surface area contributed by atoms with E-state index < -0.39 is 0 Å². The Bertz CT molecular complexity index is 282. The number of hydrogen-bond acceptors (Lipinski definition) is 3. The third kappa shape index (κ3) is 3.21. The van der Waals surface area contributed by atoms with Crippen LogP contribution in [0.2, 0.25) is 0 Å². The fourth-order valence-corrected chi connectivity index (χ4v) is 0.868. The lowest BCUT2D eigenvalue weighted by molar-refractivity contribution is -0.119. The second-order valence-electron chi connectivity index (χ2n) is 2.73. The Kier molecular flexibility index (Phi) is 3.40. The highest BCUT2D eigenvalue weighted by Gasteiger charge is 1.96. The van der Waals surface area contributed by atoms with E-state index in [1.165, 1.54) is 6.92 Å². The summed E-state index contributed by atoms with van der Waals surface area (Å²) in [6.07, 6.45) is 1.59. The molecule has 1 aromatic rings. The number of nitrogens with zero attached hydrogens (tertiary/aromatic N) is 1. The van der Waals surface area contributed by atoms with Crippen LogP contribution in [0.15, 0.2) is 18.3 Å². The molecule has 2 N–H and O–H groups in total. The second-order valence-corrected chi connectivity index (χ2v) is 2.73. The first-order valence-electron chi connectivity index (χ1n) is 4.01. The van der Waals surface area contributed by atoms with E-state index in [1.807, 2.05) is 0 Å². The number of aliphatic hydroxyl groups is 1. The number of hydrogen-bond donors (Lipinski definition) is 2. The predicted octanol–water partition coefficient (Wildman–Crippen LogP) is 0.210. The number of rotatable bonds is 3. The Hall–Kier alpha value is -1.42. The van der Waals surface area contributed by atoms with Gasteiger partial charge in [-0.15, -0.1) is 0 Å². The molecule has 0 atom stereocenters. The van der Waals surface area contributed by atoms with E-state index in [0.717, 1.165) is 11.3 Å². The maximum absolute atomic E-state index is 10.6. The predicted molar refractivity (Wildman–Crippen MR) is 47.7 cm³/mol. The van der Waals surface area contributed by atoms with Crippen LogP contribution in [0.1, 0.15) is 18.2 Å². The summed E-state index contributed by atoms with van der Waals surface area (Å²) >= 11 is 0. The molecule has 0 aliphatic rings. The van der Waals surface area contributed by atoms with Gasteiger partial charge in [0, 0.05) is 13.1 Å². The van der Waals surface area contributed by atoms with Crippen LogP contribution in [0.3, 0.4) is 0 Å². The minimum atomic E-state index is -0.0759. The van der Waals surface area contributed by atoms with Crippen LogP contribution in [0.5, 0.6) is 0 Å². The van der Waals surface area contributed by atoms with Gasteiger partial charge in [-0.2, -0.15) is 0 Å². The highest BCUT2D eigenvalue weighted by molar-refractivity contribution is 5.72. The van der Waals surface area contributed by atoms with Crippen molar-refractivity contribution < 1.29 is 9.90 Å². The van der Waals surface area contributed by atoms with Gasteiger partial charge < -0.3 is 10.4 Å². The number of carbonyl (C=O) groups is 1. The SMILES string of the molecule is CC(=O)NCc1ccc(CO)cn1. The molecule has 0 unspecified atom stereocenters. The van der Waals surface area contributed by atoms with Crippen molar-refractivity contribution in [3.05, 3.63) is 29.6 Å². The highest BCUT2D eigenvalue weighted by atomic mass is 16.3. The number of nitrogens with one attached hydrogen (secondary N) is 1. The van der Waals surface area contributed by atoms with Crippen molar-refractivity contribution >= 4 is 5.91 Å². The summed E-state index contributed by atoms with van der Waals surface area (Å²) in [6, 6.07) is 3.56. The molecular weight excluding hydrogens is 168 g/mol. The largest absolute Gasteiger partial charge is 0.392 e. The molecule has 0 aromatic carbocycles. The van der Waals surface area contributed by atoms with E-state index >= 15 is 0 Å². The van der Waals surface area contributed by atoms with Crippen molar-refractivity contribution in [3.63, 3.8) is 0 Å². The number of amides is 1. The van der Waals surface area contributed by atoms with Crippen LogP contribution in [0, 0.1) is 0 Å². The lowest BCUT2D eigenvalue weighted by Gasteiger charge is -2.01. The van der Waals surface area contributed by atoms with E-state index in [0.29, 0.717) is 6.54 Å². The van der Waals surface area contributed by atoms with Gasteiger partial charge in [0.25, 0.3) is 0 Å². The molecular formula is C9H12N2O2. The van der Waals surface area contributed by atoms with Crippen molar-refractivity contribution in [1.29, 1.82) is 0 Å². The summed E-state index contributed by atoms with van der Waals surface area (Å²) in [5.74, 6) is -0.0759. The van der Waals surface area contributed by atoms with E-state index in [2.05, 4.69) is 10.3 Å². The summed E-state index contributed by atoms with van der Waals surface area (Å²) in [6.45, 7) is 1.89. The molecule has 4 heteroatoms. The maximum atomic E-state index is 10.6. The summed E-state index contributed by atoms with van der Waals surface area (Å²) in [5, 5.41) is 11.4. The average molecular weight is 180 g/mol. The first-order chi connectivity index (χ1) is 6.22. The van der Waals surface area contributed by atoms with Crippen molar-refractivity contribution in [2.75, 3.05) is 0 Å². The zero-order valence-corrected chi connectivity index (χ0v) is 7.45. The number of aromatic nitrogens is 1. The molecule has 0 aliphatic carbocycles. The van der Waals surface area contributed by atoms with Crippen molar-refractivity contribution in [2.24, 2.45) is 0 Å². The molecule has 70 valence electrons. The first-order valence-corrected chi connectivity index (χ1v) is 4.01. The molecule has 1 heterocycles. The van der Waals surface area contributed by atoms with Crippen LogP contribution in [0.4, 0.5) is 0 Å². The number of pyridine rings is 1. The Balaban J connectivity index is 2.54. The summed E-state index contributed by atoms with van der Waals surface area (Å²) in [7, 11) is 0. The van der Waals surface area contributed by atoms with Gasteiger partial charge >= 0.3 is 0 Å². The molecule has 13 heavy (non-hydrogen) atoms. The molecule has 0 fully saturated rings. The number of carbonyl (C=O) groups excluding carboxylic acids is 1. The Morgan fingerprint density at radius 3 is 2.85 bits per heavy atom. The lowest BCUT2D eigenvalue weighted by Crippen LogP contribution is -2.19. The average Bonchev–Trinajstić information content (AvgIpc) is 2.15. The zero-order valence-electron chi connectivity index (χ0n) is 7.45. The molecule has 1 aromatic heterocycles. The van der Waals surface area contributed by atoms with Crippen LogP contribution in [-0.4, -0.2) is 16.0 Å². The summed E-state index contributed by atoms with van der Waals surface area (Å²) < 4.78 is 0. The minimum absolute atomic E-state index is 0.00653. The Morgan fingerprint density at radius 1 is 1.62 bits per heavy atom. The molecule has 4 nitrogen and oxygen atoms in total. The van der Waals surface area contributed by atoms with Gasteiger partial charge in [0.05, 0.1) is 18.8 Å². The topological polar surface area (TPSA) is 62.2 Å². The quantitative estimate of drug-likeness (QED) is 0.699. The summed E-state index contributed by atoms with van der Waals surface area (Å²) in [5.41, 5.74) is 1.55. The normalized spacial score (nSPS) is 9.69. The standard InChI is InChI=1S/C9H12N2O2/c1-7(13)10-5-9-3-2-8(6-12)4-11-9/h2-4,12H,5-6H2,1H3,(H,10,13). The van der Waals surface area contributed by atoms with Crippen molar-refractivity contribution in [3.8, 4) is 0 Å². The Morgan fingerprint density at radius 2 is 2.38 bits per heavy atom. The van der Waals surface area contributed by atoms with E-state index in [4.69, 9.17) is 5.11 Å². The van der Waals surface area contributed by atoms with Crippen molar-refractivity contribution in [2.45, 2.75) is 20.1 Å². The fraction of sp³-hybridized carbons (Fsp3) is 0.333. The van der Waals surface area contributed by atoms with E-state index in [-0.39, 0.29) is 12.5 Å². The van der Waals surface area contributed by atoms with Crippen LogP contribution in [-0.2, 0) is 17.9 Å². The van der Waals surface area contributed by atoms with Crippen LogP contribution < -0.4 is 5.32 Å². The third-order valence-electron chi connectivity index (χ3n) is 1.59. The molecule has 1 rings (SSSR count). The molecule has 0 saturated heterocycles. The molecule has 0 bridgehead atoms. The van der Waals surface area contributed by atoms with Gasteiger partial charge in [-0.1, -0.05) is 6.07 Å². The van der Waals surface area contributed by atoms with Gasteiger partial charge in [-0.05, 0) is 11.6 Å². The van der Waals surface area contributed by atoms with Crippen molar-refractivity contribution in [1.82, 2.24) is 10.3 Å². The number of aliphatic hydroxyl groups excluding tert-OH is 1. The van der Waals surface area contributed by atoms with E-state index in [9.17, 15) is 4.79 Å². The molecule has 0 saturated carbocycles. The van der Waals surface area contributed by atoms with Gasteiger partial charge in [0.1, 0.15) is 0 Å². The Labute approximate surface area is 76.6 Å². The first kappa shape index (κ1) is 9.67. The highest BCUT2D eigenvalue weighted by Crippen LogP contribution is 1.99. The third-order valence-corrected chi connectivity index (χ3v) is 1.59. The van der Waals surface area contributed by atoms with E-state index in [1.54, 1.807) is 18.3 Å². The lowest BCUT2D eigenvalue weighted by atomic mass is 10.2. The zero-order chi connectivity index (χ0) is 9.68. The molecule has 1 amide bonds. The van der Waals surface area contributed by atoms with Gasteiger partial charge in [0.15, 0.2) is 0 Å². The fourth-order valence-electron chi connectivity index (χ4n) is 0.868. The molecule has 0 radical (unpaired) electrons. The molecule has 0 aliphatic heterocycles. The van der Waals surface area contributed by atoms with Gasteiger partial charge in [-0.3, -0.25) is 9.78 Å². The smallest absolute Gasteiger partial charge is 0.217 e. The summed E-state index contributed by atoms with van der Waals surface area (Å²) in [4.78, 5) is 14.6. The maximum Gasteiger partial charge on any atom is 0.217 e. The van der Waals surface area contributed by atoms with Gasteiger partial charge in [-0.25, -0.2) is 0 Å². The minimum Gasteiger partial charge on any atom is -0.392 e. The van der Waals surface area contributed by atoms with Crippen LogP contribution in [0.25, 0.3) is 0 Å². The van der Waals surface area contributed by atoms with Crippen LogP contribution >= 0.6 is 0 Å². The molecule has 0 spiro atoms.